The molecule has 0 fully saturated rings. The number of ether oxygens (including phenoxy) is 2. The van der Waals surface area contributed by atoms with E-state index in [2.05, 4.69) is 66.0 Å². The van der Waals surface area contributed by atoms with Gasteiger partial charge in [-0.15, -0.1) is 0 Å². The smallest absolute Gasteiger partial charge is 0.244 e. The van der Waals surface area contributed by atoms with Gasteiger partial charge in [0.15, 0.2) is 11.5 Å². The molecule has 0 bridgehead atoms. The lowest BCUT2D eigenvalue weighted by atomic mass is 9.86. The maximum atomic E-state index is 12.3. The monoisotopic (exact) mass is 624 g/mol. The fourth-order valence-corrected chi connectivity index (χ4v) is 4.51. The minimum atomic E-state index is -0.189. The molecule has 0 atom stereocenters. The molecule has 1 amide bonds. The summed E-state index contributed by atoms with van der Waals surface area (Å²) in [5, 5.41) is 5.21. The van der Waals surface area contributed by atoms with Crippen LogP contribution in [0.25, 0.3) is 0 Å². The summed E-state index contributed by atoms with van der Waals surface area (Å²) in [7, 11) is 1.57. The Labute approximate surface area is 230 Å². The van der Waals surface area contributed by atoms with E-state index >= 15 is 0 Å². The van der Waals surface area contributed by atoms with Crippen molar-refractivity contribution in [3.8, 4) is 11.5 Å². The van der Waals surface area contributed by atoms with Gasteiger partial charge in [0, 0.05) is 15.6 Å². The number of halogens is 3. The summed E-state index contributed by atoms with van der Waals surface area (Å²) in [5.41, 5.74) is 6.40. The van der Waals surface area contributed by atoms with Crippen LogP contribution in [0.3, 0.4) is 0 Å². The van der Waals surface area contributed by atoms with Gasteiger partial charge < -0.3 is 9.47 Å². The van der Waals surface area contributed by atoms with E-state index in [1.807, 2.05) is 24.3 Å². The Kier molecular flexibility index (Phi) is 9.44. The second-order valence-corrected chi connectivity index (χ2v) is 11.0. The van der Waals surface area contributed by atoms with Gasteiger partial charge in [-0.1, -0.05) is 74.3 Å². The maximum Gasteiger partial charge on any atom is 0.244 e. The first kappa shape index (κ1) is 27.3. The third-order valence-corrected chi connectivity index (χ3v) is 6.61. The van der Waals surface area contributed by atoms with Crippen LogP contribution in [0.5, 0.6) is 11.5 Å². The average molecular weight is 625 g/mol. The lowest BCUT2D eigenvalue weighted by Gasteiger charge is -2.19. The van der Waals surface area contributed by atoms with Gasteiger partial charge in [-0.3, -0.25) is 4.79 Å². The molecule has 184 valence electrons. The summed E-state index contributed by atoms with van der Waals surface area (Å²) in [6.45, 7) is 6.75. The number of carbonyl (C=O) groups is 1. The summed E-state index contributed by atoms with van der Waals surface area (Å²) in [6.07, 6.45) is 1.83. The molecule has 0 aliphatic carbocycles. The van der Waals surface area contributed by atoms with Gasteiger partial charge in [-0.2, -0.15) is 5.10 Å². The van der Waals surface area contributed by atoms with Gasteiger partial charge in [0.05, 0.1) is 23.3 Å². The van der Waals surface area contributed by atoms with Crippen LogP contribution in [-0.4, -0.2) is 19.2 Å². The first-order chi connectivity index (χ1) is 16.6. The Morgan fingerprint density at radius 2 is 1.80 bits per heavy atom. The Hall–Kier alpha value is -2.29. The van der Waals surface area contributed by atoms with E-state index in [-0.39, 0.29) is 24.3 Å². The van der Waals surface area contributed by atoms with Crippen molar-refractivity contribution in [1.29, 1.82) is 0 Å². The Morgan fingerprint density at radius 1 is 1.09 bits per heavy atom. The van der Waals surface area contributed by atoms with Crippen LogP contribution in [0.15, 0.2) is 59.7 Å². The maximum absolute atomic E-state index is 12.3. The van der Waals surface area contributed by atoms with Gasteiger partial charge >= 0.3 is 0 Å². The first-order valence-electron chi connectivity index (χ1n) is 10.9. The van der Waals surface area contributed by atoms with Crippen molar-refractivity contribution in [3.63, 3.8) is 0 Å². The normalized spacial score (nSPS) is 11.5. The molecule has 0 aromatic heterocycles. The highest BCUT2D eigenvalue weighted by molar-refractivity contribution is 14.1. The number of hydrogen-bond donors (Lipinski definition) is 1. The molecule has 0 unspecified atom stereocenters. The topological polar surface area (TPSA) is 59.9 Å². The second-order valence-electron chi connectivity index (χ2n) is 8.98. The Bertz CT molecular complexity index is 1220. The fraction of sp³-hybridized carbons (Fsp3) is 0.259. The molecular formula is C27H27Cl2IN2O3. The molecule has 0 saturated heterocycles. The summed E-state index contributed by atoms with van der Waals surface area (Å²) in [6, 6.07) is 17.0. The highest BCUT2D eigenvalue weighted by Crippen LogP contribution is 2.35. The van der Waals surface area contributed by atoms with Crippen LogP contribution in [0.2, 0.25) is 10.0 Å². The van der Waals surface area contributed by atoms with Crippen molar-refractivity contribution < 1.29 is 14.3 Å². The van der Waals surface area contributed by atoms with Gasteiger partial charge in [0.1, 0.15) is 6.61 Å². The van der Waals surface area contributed by atoms with Crippen LogP contribution >= 0.6 is 45.8 Å². The van der Waals surface area contributed by atoms with Gasteiger partial charge in [-0.05, 0) is 69.0 Å². The number of hydrazone groups is 1. The largest absolute Gasteiger partial charge is 0.493 e. The van der Waals surface area contributed by atoms with E-state index in [1.54, 1.807) is 31.5 Å². The van der Waals surface area contributed by atoms with E-state index < -0.39 is 0 Å². The molecule has 0 radical (unpaired) electrons. The van der Waals surface area contributed by atoms with Crippen molar-refractivity contribution in [1.82, 2.24) is 5.43 Å². The quantitative estimate of drug-likeness (QED) is 0.164. The molecule has 3 rings (SSSR count). The summed E-state index contributed by atoms with van der Waals surface area (Å²) >= 11 is 14.4. The van der Waals surface area contributed by atoms with Crippen LogP contribution in [-0.2, 0) is 23.2 Å². The second kappa shape index (κ2) is 12.1. The molecule has 0 saturated carbocycles. The third kappa shape index (κ3) is 7.85. The predicted molar refractivity (Wildman–Crippen MR) is 151 cm³/mol. The van der Waals surface area contributed by atoms with Crippen molar-refractivity contribution in [2.75, 3.05) is 7.11 Å². The van der Waals surface area contributed by atoms with E-state index in [1.165, 1.54) is 5.56 Å². The van der Waals surface area contributed by atoms with Crippen molar-refractivity contribution in [3.05, 3.63) is 90.5 Å². The molecule has 0 heterocycles. The van der Waals surface area contributed by atoms with Gasteiger partial charge in [0.25, 0.3) is 0 Å². The average Bonchev–Trinajstić information content (AvgIpc) is 2.79. The third-order valence-electron chi connectivity index (χ3n) is 5.23. The molecule has 3 aromatic carbocycles. The summed E-state index contributed by atoms with van der Waals surface area (Å²) in [5.74, 6) is 0.957. The van der Waals surface area contributed by atoms with Gasteiger partial charge in [0.2, 0.25) is 5.91 Å². The van der Waals surface area contributed by atoms with Crippen molar-refractivity contribution in [2.24, 2.45) is 5.10 Å². The van der Waals surface area contributed by atoms with Crippen LogP contribution in [0, 0.1) is 3.57 Å². The molecule has 0 spiro atoms. The molecule has 3 aromatic rings. The minimum Gasteiger partial charge on any atom is -0.493 e. The van der Waals surface area contributed by atoms with E-state index in [0.717, 1.165) is 20.3 Å². The zero-order valence-electron chi connectivity index (χ0n) is 20.0. The standard InChI is InChI=1S/C27H27Cl2IN2O3/c1-27(2,3)20-8-5-17(6-9-20)13-25(33)32-31-15-18-11-23(30)26(24(12-18)34-4)35-16-19-7-10-21(28)14-22(19)29/h5-12,14-15H,13,16H2,1-4H3,(H,32,33)/b31-15-. The van der Waals surface area contributed by atoms with E-state index in [9.17, 15) is 4.79 Å². The predicted octanol–water partition coefficient (Wildman–Crippen LogP) is 7.18. The van der Waals surface area contributed by atoms with Crippen LogP contribution in [0.4, 0.5) is 0 Å². The van der Waals surface area contributed by atoms with Gasteiger partial charge in [-0.25, -0.2) is 5.43 Å². The number of methoxy groups -OCH3 is 1. The SMILES string of the molecule is COc1cc(/C=N\NC(=O)Cc2ccc(C(C)(C)C)cc2)cc(I)c1OCc1ccc(Cl)cc1Cl. The highest BCUT2D eigenvalue weighted by atomic mass is 127. The van der Waals surface area contributed by atoms with E-state index in [0.29, 0.717) is 21.5 Å². The number of nitrogens with one attached hydrogen (secondary N) is 1. The highest BCUT2D eigenvalue weighted by Gasteiger charge is 2.14. The Morgan fingerprint density at radius 3 is 2.43 bits per heavy atom. The number of hydrogen-bond acceptors (Lipinski definition) is 4. The molecule has 1 N–H and O–H groups in total. The van der Waals surface area contributed by atoms with Crippen LogP contribution < -0.4 is 14.9 Å². The minimum absolute atomic E-state index is 0.0765. The van der Waals surface area contributed by atoms with Crippen LogP contribution in [0.1, 0.15) is 43.0 Å². The van der Waals surface area contributed by atoms with Crippen molar-refractivity contribution >= 4 is 57.9 Å². The number of benzene rings is 3. The number of amides is 1. The lowest BCUT2D eigenvalue weighted by molar-refractivity contribution is -0.120. The molecule has 5 nitrogen and oxygen atoms in total. The molecule has 35 heavy (non-hydrogen) atoms. The molecule has 0 aliphatic rings. The molecular weight excluding hydrogens is 598 g/mol. The first-order valence-corrected chi connectivity index (χ1v) is 12.8. The van der Waals surface area contributed by atoms with Crippen molar-refractivity contribution in [2.45, 2.75) is 39.2 Å². The number of carbonyl (C=O) groups excluding carboxylic acids is 1. The molecule has 8 heteroatoms. The number of rotatable bonds is 8. The molecule has 0 aliphatic heterocycles. The summed E-state index contributed by atoms with van der Waals surface area (Å²) in [4.78, 5) is 12.3. The zero-order valence-corrected chi connectivity index (χ0v) is 23.7. The number of nitrogens with zero attached hydrogens (tertiary/aromatic N) is 1. The van der Waals surface area contributed by atoms with E-state index in [4.69, 9.17) is 32.7 Å². The zero-order chi connectivity index (χ0) is 25.6. The lowest BCUT2D eigenvalue weighted by Crippen LogP contribution is -2.20. The Balaban J connectivity index is 1.62. The summed E-state index contributed by atoms with van der Waals surface area (Å²) < 4.78 is 12.3. The fourth-order valence-electron chi connectivity index (χ4n) is 3.27.